The molecule has 0 spiro atoms. The van der Waals surface area contributed by atoms with Crippen molar-refractivity contribution in [1.82, 2.24) is 4.98 Å². The lowest BCUT2D eigenvalue weighted by molar-refractivity contribution is 0.00578. The summed E-state index contributed by atoms with van der Waals surface area (Å²) in [7, 11) is -0.396. The fourth-order valence-corrected chi connectivity index (χ4v) is 2.31. The molecule has 1 aromatic rings. The molecule has 0 saturated carbocycles. The van der Waals surface area contributed by atoms with Crippen molar-refractivity contribution in [3.05, 3.63) is 18.5 Å². The van der Waals surface area contributed by atoms with Gasteiger partial charge in [0.2, 0.25) is 0 Å². The summed E-state index contributed by atoms with van der Waals surface area (Å²) in [6.07, 6.45) is 5.83. The Hall–Kier alpha value is -1.07. The second-order valence-electron chi connectivity index (χ2n) is 6.76. The average Bonchev–Trinajstić information content (AvgIpc) is 2.59. The standard InChI is InChI=1S/C16H26BNO3/c1-7-8-12(2)19-14-9-13(10-18-11-14)17-20-15(3,4)16(5,6)21-17/h9-12H,7-8H2,1-6H3. The Morgan fingerprint density at radius 2 is 1.81 bits per heavy atom. The first-order chi connectivity index (χ1) is 9.75. The monoisotopic (exact) mass is 291 g/mol. The number of hydrogen-bond acceptors (Lipinski definition) is 4. The first-order valence-corrected chi connectivity index (χ1v) is 7.72. The second kappa shape index (κ2) is 5.97. The smallest absolute Gasteiger partial charge is 0.489 e. The van der Waals surface area contributed by atoms with Gasteiger partial charge in [0.05, 0.1) is 23.5 Å². The summed E-state index contributed by atoms with van der Waals surface area (Å²) in [6, 6.07) is 1.96. The van der Waals surface area contributed by atoms with E-state index in [0.29, 0.717) is 0 Å². The molecule has 116 valence electrons. The third kappa shape index (κ3) is 3.58. The van der Waals surface area contributed by atoms with Crippen molar-refractivity contribution in [3.63, 3.8) is 0 Å². The predicted molar refractivity (Wildman–Crippen MR) is 85.0 cm³/mol. The molecule has 4 nitrogen and oxygen atoms in total. The van der Waals surface area contributed by atoms with E-state index < -0.39 is 7.12 Å². The summed E-state index contributed by atoms with van der Waals surface area (Å²) < 4.78 is 18.0. The van der Waals surface area contributed by atoms with Crippen molar-refractivity contribution in [1.29, 1.82) is 0 Å². The Morgan fingerprint density at radius 3 is 2.38 bits per heavy atom. The molecular formula is C16H26BNO3. The molecule has 2 heterocycles. The minimum atomic E-state index is -0.396. The molecule has 1 fully saturated rings. The van der Waals surface area contributed by atoms with Crippen LogP contribution in [0.1, 0.15) is 54.4 Å². The Balaban J connectivity index is 2.12. The first kappa shape index (κ1) is 16.3. The number of nitrogens with zero attached hydrogens (tertiary/aromatic N) is 1. The number of ether oxygens (including phenoxy) is 1. The van der Waals surface area contributed by atoms with Crippen molar-refractivity contribution >= 4 is 12.6 Å². The van der Waals surface area contributed by atoms with Crippen LogP contribution < -0.4 is 10.2 Å². The normalized spacial score (nSPS) is 21.3. The SMILES string of the molecule is CCCC(C)Oc1cncc(B2OC(C)(C)C(C)(C)O2)c1. The lowest BCUT2D eigenvalue weighted by atomic mass is 9.80. The van der Waals surface area contributed by atoms with E-state index in [9.17, 15) is 0 Å². The maximum absolute atomic E-state index is 6.04. The minimum Gasteiger partial charge on any atom is -0.489 e. The highest BCUT2D eigenvalue weighted by Gasteiger charge is 2.51. The predicted octanol–water partition coefficient (Wildman–Crippen LogP) is 2.95. The maximum Gasteiger partial charge on any atom is 0.496 e. The molecule has 1 aliphatic rings. The van der Waals surface area contributed by atoms with E-state index in [1.807, 2.05) is 33.8 Å². The molecule has 0 aromatic carbocycles. The molecule has 1 aromatic heterocycles. The van der Waals surface area contributed by atoms with E-state index in [2.05, 4.69) is 18.8 Å². The molecule has 0 N–H and O–H groups in total. The van der Waals surface area contributed by atoms with Gasteiger partial charge in [0.15, 0.2) is 0 Å². The second-order valence-corrected chi connectivity index (χ2v) is 6.76. The van der Waals surface area contributed by atoms with Gasteiger partial charge in [0.25, 0.3) is 0 Å². The maximum atomic E-state index is 6.04. The highest BCUT2D eigenvalue weighted by atomic mass is 16.7. The van der Waals surface area contributed by atoms with Crippen molar-refractivity contribution in [2.45, 2.75) is 71.7 Å². The van der Waals surface area contributed by atoms with E-state index in [0.717, 1.165) is 24.1 Å². The average molecular weight is 291 g/mol. The van der Waals surface area contributed by atoms with Gasteiger partial charge in [-0.25, -0.2) is 0 Å². The van der Waals surface area contributed by atoms with Gasteiger partial charge in [-0.3, -0.25) is 4.98 Å². The highest BCUT2D eigenvalue weighted by Crippen LogP contribution is 2.36. The number of hydrogen-bond donors (Lipinski definition) is 0. The van der Waals surface area contributed by atoms with Gasteiger partial charge in [-0.05, 0) is 47.1 Å². The van der Waals surface area contributed by atoms with Crippen LogP contribution in [0, 0.1) is 0 Å². The summed E-state index contributed by atoms with van der Waals surface area (Å²) in [5, 5.41) is 0. The molecule has 0 aliphatic carbocycles. The topological polar surface area (TPSA) is 40.6 Å². The van der Waals surface area contributed by atoms with Crippen LogP contribution in [0.15, 0.2) is 18.5 Å². The molecule has 2 rings (SSSR count). The van der Waals surface area contributed by atoms with Gasteiger partial charge in [0, 0.05) is 11.7 Å². The molecular weight excluding hydrogens is 265 g/mol. The van der Waals surface area contributed by atoms with Crippen LogP contribution in [0.3, 0.4) is 0 Å². The largest absolute Gasteiger partial charge is 0.496 e. The molecule has 21 heavy (non-hydrogen) atoms. The summed E-state index contributed by atoms with van der Waals surface area (Å²) >= 11 is 0. The molecule has 1 unspecified atom stereocenters. The van der Waals surface area contributed by atoms with E-state index in [1.165, 1.54) is 0 Å². The third-order valence-electron chi connectivity index (χ3n) is 4.29. The number of rotatable bonds is 5. The first-order valence-electron chi connectivity index (χ1n) is 7.72. The molecule has 0 amide bonds. The van der Waals surface area contributed by atoms with Gasteiger partial charge < -0.3 is 14.0 Å². The van der Waals surface area contributed by atoms with E-state index in [-0.39, 0.29) is 17.3 Å². The van der Waals surface area contributed by atoms with Crippen LogP contribution in [-0.4, -0.2) is 29.4 Å². The van der Waals surface area contributed by atoms with Crippen molar-refractivity contribution < 1.29 is 14.0 Å². The lowest BCUT2D eigenvalue weighted by Crippen LogP contribution is -2.41. The van der Waals surface area contributed by atoms with Crippen LogP contribution >= 0.6 is 0 Å². The van der Waals surface area contributed by atoms with Gasteiger partial charge in [-0.15, -0.1) is 0 Å². The number of aromatic nitrogens is 1. The van der Waals surface area contributed by atoms with Crippen molar-refractivity contribution in [2.75, 3.05) is 0 Å². The Bertz CT molecular complexity index is 474. The zero-order valence-electron chi connectivity index (χ0n) is 14.0. The van der Waals surface area contributed by atoms with Crippen LogP contribution in [0.25, 0.3) is 0 Å². The number of pyridine rings is 1. The van der Waals surface area contributed by atoms with Crippen molar-refractivity contribution in [2.24, 2.45) is 0 Å². The van der Waals surface area contributed by atoms with Crippen LogP contribution in [0.5, 0.6) is 5.75 Å². The van der Waals surface area contributed by atoms with Gasteiger partial charge in [-0.1, -0.05) is 13.3 Å². The molecule has 5 heteroatoms. The van der Waals surface area contributed by atoms with E-state index in [1.54, 1.807) is 12.4 Å². The molecule has 1 aliphatic heterocycles. The zero-order valence-corrected chi connectivity index (χ0v) is 14.0. The minimum absolute atomic E-state index is 0.186. The lowest BCUT2D eigenvalue weighted by Gasteiger charge is -2.32. The van der Waals surface area contributed by atoms with Crippen molar-refractivity contribution in [3.8, 4) is 5.75 Å². The molecule has 1 saturated heterocycles. The quantitative estimate of drug-likeness (QED) is 0.782. The van der Waals surface area contributed by atoms with Crippen LogP contribution in [0.4, 0.5) is 0 Å². The summed E-state index contributed by atoms with van der Waals surface area (Å²) in [4.78, 5) is 4.25. The molecule has 0 bridgehead atoms. The molecule has 0 radical (unpaired) electrons. The fourth-order valence-electron chi connectivity index (χ4n) is 2.31. The Kier molecular flexibility index (Phi) is 4.64. The van der Waals surface area contributed by atoms with E-state index >= 15 is 0 Å². The fraction of sp³-hybridized carbons (Fsp3) is 0.688. The van der Waals surface area contributed by atoms with Gasteiger partial charge >= 0.3 is 7.12 Å². The Labute approximate surface area is 128 Å². The van der Waals surface area contributed by atoms with E-state index in [4.69, 9.17) is 14.0 Å². The van der Waals surface area contributed by atoms with Crippen LogP contribution in [-0.2, 0) is 9.31 Å². The summed E-state index contributed by atoms with van der Waals surface area (Å²) in [5.41, 5.74) is 0.212. The van der Waals surface area contributed by atoms with Gasteiger partial charge in [-0.2, -0.15) is 0 Å². The highest BCUT2D eigenvalue weighted by molar-refractivity contribution is 6.62. The molecule has 1 atom stereocenters. The Morgan fingerprint density at radius 1 is 1.19 bits per heavy atom. The van der Waals surface area contributed by atoms with Crippen LogP contribution in [0.2, 0.25) is 0 Å². The third-order valence-corrected chi connectivity index (χ3v) is 4.29. The summed E-state index contributed by atoms with van der Waals surface area (Å²) in [5.74, 6) is 0.767. The summed E-state index contributed by atoms with van der Waals surface area (Å²) in [6.45, 7) is 12.4. The van der Waals surface area contributed by atoms with Gasteiger partial charge in [0.1, 0.15) is 5.75 Å². The zero-order chi connectivity index (χ0) is 15.7.